The summed E-state index contributed by atoms with van der Waals surface area (Å²) in [5.74, 6) is -1.66. The van der Waals surface area contributed by atoms with Crippen molar-refractivity contribution in [3.63, 3.8) is 0 Å². The van der Waals surface area contributed by atoms with E-state index in [0.717, 1.165) is 22.3 Å². The summed E-state index contributed by atoms with van der Waals surface area (Å²) in [5.41, 5.74) is 0.176. The van der Waals surface area contributed by atoms with Crippen LogP contribution in [0, 0.1) is 0 Å². The summed E-state index contributed by atoms with van der Waals surface area (Å²) in [4.78, 5) is 39.6. The Hall–Kier alpha value is -4.35. The number of benzene rings is 4. The smallest absolute Gasteiger partial charge is 0.325 e. The molecule has 4 rings (SSSR count). The second-order valence-corrected chi connectivity index (χ2v) is 11.5. The zero-order valence-corrected chi connectivity index (χ0v) is 25.0. The molecular formula is C32H25BrF3N3O3S. The Morgan fingerprint density at radius 2 is 1.53 bits per heavy atom. The van der Waals surface area contributed by atoms with Crippen LogP contribution >= 0.6 is 27.7 Å². The van der Waals surface area contributed by atoms with Crippen LogP contribution in [0.25, 0.3) is 6.08 Å². The molecule has 0 aliphatic heterocycles. The fraction of sp³-hybridized carbons (Fsp3) is 0.0938. The Bertz CT molecular complexity index is 1660. The number of carbonyl (C=O) groups is 3. The van der Waals surface area contributed by atoms with Crippen molar-refractivity contribution in [3.05, 3.63) is 130 Å². The first-order valence-corrected chi connectivity index (χ1v) is 14.6. The first kappa shape index (κ1) is 31.6. The van der Waals surface area contributed by atoms with Crippen LogP contribution in [-0.2, 0) is 15.8 Å². The average Bonchev–Trinajstić information content (AvgIpc) is 2.97. The van der Waals surface area contributed by atoms with E-state index in [2.05, 4.69) is 31.9 Å². The van der Waals surface area contributed by atoms with Crippen molar-refractivity contribution >= 4 is 62.9 Å². The molecule has 0 radical (unpaired) electrons. The van der Waals surface area contributed by atoms with Gasteiger partial charge in [-0.1, -0.05) is 64.5 Å². The molecule has 0 saturated carbocycles. The lowest BCUT2D eigenvalue weighted by molar-refractivity contribution is -0.137. The fourth-order valence-electron chi connectivity index (χ4n) is 3.88. The largest absolute Gasteiger partial charge is 0.418 e. The Labute approximate surface area is 258 Å². The van der Waals surface area contributed by atoms with E-state index in [1.165, 1.54) is 18.2 Å². The first-order valence-electron chi connectivity index (χ1n) is 12.9. The van der Waals surface area contributed by atoms with Gasteiger partial charge in [-0.05, 0) is 73.2 Å². The van der Waals surface area contributed by atoms with E-state index in [4.69, 9.17) is 0 Å². The van der Waals surface area contributed by atoms with Crippen LogP contribution in [0.3, 0.4) is 0 Å². The zero-order valence-electron chi connectivity index (χ0n) is 22.6. The number of anilines is 2. The Morgan fingerprint density at radius 3 is 2.26 bits per heavy atom. The van der Waals surface area contributed by atoms with Gasteiger partial charge in [-0.15, -0.1) is 11.8 Å². The number of hydrogen-bond donors (Lipinski definition) is 3. The van der Waals surface area contributed by atoms with Crippen LogP contribution in [0.15, 0.2) is 118 Å². The standard InChI is InChI=1S/C32H25BrF3N3O3S/c1-20(29(40)38-27-16-6-5-15-26(27)32(34,35)36)43-25-14-8-13-24(19-25)37-31(42)28(18-21-9-7-12-23(33)17-21)39-30(41)22-10-3-2-4-11-22/h2-20H,1H3,(H,37,42)(H,38,40)(H,39,41)/b28-18+. The number of para-hydroxylation sites is 1. The Kier molecular flexibility index (Phi) is 10.4. The maximum absolute atomic E-state index is 13.4. The number of halogens is 4. The minimum absolute atomic E-state index is 0.00100. The number of rotatable bonds is 9. The minimum atomic E-state index is -4.61. The predicted octanol–water partition coefficient (Wildman–Crippen LogP) is 8.00. The van der Waals surface area contributed by atoms with Gasteiger partial charge in [-0.25, -0.2) is 0 Å². The molecule has 1 unspecified atom stereocenters. The van der Waals surface area contributed by atoms with Crippen molar-refractivity contribution in [2.75, 3.05) is 10.6 Å². The molecule has 220 valence electrons. The van der Waals surface area contributed by atoms with Gasteiger partial charge in [0.1, 0.15) is 5.70 Å². The molecule has 0 aliphatic carbocycles. The summed E-state index contributed by atoms with van der Waals surface area (Å²) >= 11 is 4.51. The van der Waals surface area contributed by atoms with Crippen molar-refractivity contribution in [2.24, 2.45) is 0 Å². The fourth-order valence-corrected chi connectivity index (χ4v) is 5.23. The number of nitrogens with one attached hydrogen (secondary N) is 3. The molecule has 0 fully saturated rings. The highest BCUT2D eigenvalue weighted by Crippen LogP contribution is 2.35. The molecule has 4 aromatic carbocycles. The lowest BCUT2D eigenvalue weighted by atomic mass is 10.1. The first-order chi connectivity index (χ1) is 20.5. The number of carbonyl (C=O) groups excluding carboxylic acids is 3. The molecule has 0 heterocycles. The van der Waals surface area contributed by atoms with Crippen molar-refractivity contribution in [1.82, 2.24) is 5.32 Å². The Balaban J connectivity index is 1.48. The van der Waals surface area contributed by atoms with Gasteiger partial charge in [0.15, 0.2) is 0 Å². The second kappa shape index (κ2) is 14.2. The molecule has 0 bridgehead atoms. The summed E-state index contributed by atoms with van der Waals surface area (Å²) in [7, 11) is 0. The third-order valence-corrected chi connectivity index (χ3v) is 7.54. The molecular weight excluding hydrogens is 643 g/mol. The third-order valence-electron chi connectivity index (χ3n) is 5.95. The van der Waals surface area contributed by atoms with E-state index >= 15 is 0 Å². The topological polar surface area (TPSA) is 87.3 Å². The van der Waals surface area contributed by atoms with Gasteiger partial charge in [0.05, 0.1) is 16.5 Å². The van der Waals surface area contributed by atoms with Gasteiger partial charge in [0.2, 0.25) is 5.91 Å². The molecule has 0 saturated heterocycles. The van der Waals surface area contributed by atoms with Gasteiger partial charge in [-0.3, -0.25) is 14.4 Å². The molecule has 0 aliphatic rings. The third kappa shape index (κ3) is 9.07. The summed E-state index contributed by atoms with van der Waals surface area (Å²) < 4.78 is 40.8. The molecule has 3 N–H and O–H groups in total. The van der Waals surface area contributed by atoms with E-state index in [9.17, 15) is 27.6 Å². The van der Waals surface area contributed by atoms with Crippen molar-refractivity contribution in [2.45, 2.75) is 23.2 Å². The number of alkyl halides is 3. The summed E-state index contributed by atoms with van der Waals surface area (Å²) in [6.45, 7) is 1.57. The molecule has 43 heavy (non-hydrogen) atoms. The number of thioether (sulfide) groups is 1. The molecule has 4 aromatic rings. The van der Waals surface area contributed by atoms with E-state index in [1.54, 1.807) is 85.8 Å². The normalized spacial score (nSPS) is 12.3. The number of hydrogen-bond acceptors (Lipinski definition) is 4. The maximum Gasteiger partial charge on any atom is 0.418 e. The van der Waals surface area contributed by atoms with E-state index in [1.807, 2.05) is 6.07 Å². The molecule has 0 aromatic heterocycles. The summed E-state index contributed by atoms with van der Waals surface area (Å²) in [6, 6.07) is 27.1. The van der Waals surface area contributed by atoms with E-state index < -0.39 is 34.7 Å². The SMILES string of the molecule is CC(Sc1cccc(NC(=O)/C(=C\c2cccc(Br)c2)NC(=O)c2ccccc2)c1)C(=O)Nc1ccccc1C(F)(F)F. The molecule has 1 atom stereocenters. The van der Waals surface area contributed by atoms with Crippen LogP contribution in [-0.4, -0.2) is 23.0 Å². The van der Waals surface area contributed by atoms with Gasteiger partial charge in [0, 0.05) is 20.6 Å². The van der Waals surface area contributed by atoms with Crippen LogP contribution in [0.4, 0.5) is 24.5 Å². The van der Waals surface area contributed by atoms with Crippen LogP contribution in [0.1, 0.15) is 28.4 Å². The maximum atomic E-state index is 13.4. The quantitative estimate of drug-likeness (QED) is 0.125. The lowest BCUT2D eigenvalue weighted by Crippen LogP contribution is -2.30. The van der Waals surface area contributed by atoms with Crippen LogP contribution < -0.4 is 16.0 Å². The van der Waals surface area contributed by atoms with Gasteiger partial charge in [-0.2, -0.15) is 13.2 Å². The molecule has 0 spiro atoms. The van der Waals surface area contributed by atoms with Crippen molar-refractivity contribution in [3.8, 4) is 0 Å². The van der Waals surface area contributed by atoms with Crippen LogP contribution in [0.5, 0.6) is 0 Å². The average molecular weight is 669 g/mol. The van der Waals surface area contributed by atoms with E-state index in [0.29, 0.717) is 21.7 Å². The Morgan fingerprint density at radius 1 is 0.837 bits per heavy atom. The van der Waals surface area contributed by atoms with Crippen LogP contribution in [0.2, 0.25) is 0 Å². The predicted molar refractivity (Wildman–Crippen MR) is 166 cm³/mol. The van der Waals surface area contributed by atoms with E-state index in [-0.39, 0.29) is 11.4 Å². The van der Waals surface area contributed by atoms with Gasteiger partial charge < -0.3 is 16.0 Å². The lowest BCUT2D eigenvalue weighted by Gasteiger charge is -2.16. The summed E-state index contributed by atoms with van der Waals surface area (Å²) in [6.07, 6.45) is -3.07. The molecule has 3 amide bonds. The highest BCUT2D eigenvalue weighted by Gasteiger charge is 2.34. The second-order valence-electron chi connectivity index (χ2n) is 9.21. The summed E-state index contributed by atoms with van der Waals surface area (Å²) in [5, 5.41) is 7.04. The monoisotopic (exact) mass is 667 g/mol. The highest BCUT2D eigenvalue weighted by molar-refractivity contribution is 9.10. The minimum Gasteiger partial charge on any atom is -0.325 e. The van der Waals surface area contributed by atoms with Crippen molar-refractivity contribution in [1.29, 1.82) is 0 Å². The highest BCUT2D eigenvalue weighted by atomic mass is 79.9. The zero-order chi connectivity index (χ0) is 31.0. The van der Waals surface area contributed by atoms with Gasteiger partial charge in [0.25, 0.3) is 11.8 Å². The van der Waals surface area contributed by atoms with Crippen molar-refractivity contribution < 1.29 is 27.6 Å². The molecule has 11 heteroatoms. The molecule has 6 nitrogen and oxygen atoms in total. The van der Waals surface area contributed by atoms with Gasteiger partial charge >= 0.3 is 6.18 Å². The number of amides is 3.